The summed E-state index contributed by atoms with van der Waals surface area (Å²) in [6.07, 6.45) is 0.590. The number of carbonyl (C=O) groups excluding carboxylic acids is 1. The van der Waals surface area contributed by atoms with Crippen molar-refractivity contribution in [2.24, 2.45) is 0 Å². The van der Waals surface area contributed by atoms with E-state index in [9.17, 15) is 14.7 Å². The van der Waals surface area contributed by atoms with Crippen LogP contribution in [0.4, 0.5) is 4.79 Å². The van der Waals surface area contributed by atoms with E-state index in [1.165, 1.54) is 4.90 Å². The van der Waals surface area contributed by atoms with Gasteiger partial charge in [-0.3, -0.25) is 4.90 Å². The van der Waals surface area contributed by atoms with Gasteiger partial charge in [0.2, 0.25) is 0 Å². The number of benzene rings is 3. The third-order valence-electron chi connectivity index (χ3n) is 6.71. The summed E-state index contributed by atoms with van der Waals surface area (Å²) >= 11 is 0. The Labute approximate surface area is 187 Å². The molecule has 32 heavy (non-hydrogen) atoms. The highest BCUT2D eigenvalue weighted by atomic mass is 16.6. The third-order valence-corrected chi connectivity index (χ3v) is 6.71. The smallest absolute Gasteiger partial charge is 0.410 e. The summed E-state index contributed by atoms with van der Waals surface area (Å²) in [4.78, 5) is 26.4. The Hall–Kier alpha value is -3.60. The first-order chi connectivity index (χ1) is 15.6. The van der Waals surface area contributed by atoms with Crippen molar-refractivity contribution >= 4 is 12.1 Å². The molecule has 3 aromatic rings. The molecule has 1 N–H and O–H groups in total. The molecule has 5 nitrogen and oxygen atoms in total. The van der Waals surface area contributed by atoms with E-state index in [-0.39, 0.29) is 18.4 Å². The van der Waals surface area contributed by atoms with Crippen LogP contribution in [0, 0.1) is 0 Å². The minimum absolute atomic E-state index is 0.0515. The molecular formula is C27H25NO4. The van der Waals surface area contributed by atoms with E-state index >= 15 is 0 Å². The normalized spacial score (nSPS) is 19.8. The van der Waals surface area contributed by atoms with Crippen LogP contribution in [0.3, 0.4) is 0 Å². The first-order valence-electron chi connectivity index (χ1n) is 11.0. The van der Waals surface area contributed by atoms with Gasteiger partial charge in [0.25, 0.3) is 0 Å². The van der Waals surface area contributed by atoms with Gasteiger partial charge in [-0.25, -0.2) is 9.59 Å². The maximum atomic E-state index is 13.1. The third kappa shape index (κ3) is 3.64. The lowest BCUT2D eigenvalue weighted by atomic mass is 9.87. The molecule has 1 aliphatic heterocycles. The molecule has 0 aromatic heterocycles. The Morgan fingerprint density at radius 3 is 2.06 bits per heavy atom. The Morgan fingerprint density at radius 2 is 1.44 bits per heavy atom. The molecule has 1 amide bonds. The second-order valence-corrected chi connectivity index (χ2v) is 8.50. The molecule has 0 bridgehead atoms. The highest BCUT2D eigenvalue weighted by molar-refractivity contribution is 5.81. The van der Waals surface area contributed by atoms with Crippen LogP contribution in [0.25, 0.3) is 11.1 Å². The van der Waals surface area contributed by atoms with Gasteiger partial charge >= 0.3 is 12.1 Å². The summed E-state index contributed by atoms with van der Waals surface area (Å²) in [7, 11) is 0. The Morgan fingerprint density at radius 1 is 0.844 bits per heavy atom. The lowest BCUT2D eigenvalue weighted by Gasteiger charge is -2.37. The Kier molecular flexibility index (Phi) is 5.39. The number of hydrogen-bond donors (Lipinski definition) is 1. The molecule has 5 rings (SSSR count). The summed E-state index contributed by atoms with van der Waals surface area (Å²) < 4.78 is 5.77. The first kappa shape index (κ1) is 20.3. The summed E-state index contributed by atoms with van der Waals surface area (Å²) in [6.45, 7) is 0.531. The van der Waals surface area contributed by atoms with E-state index in [1.54, 1.807) is 0 Å². The second kappa shape index (κ2) is 8.50. The predicted molar refractivity (Wildman–Crippen MR) is 122 cm³/mol. The van der Waals surface area contributed by atoms with Gasteiger partial charge in [0.15, 0.2) is 0 Å². The van der Waals surface area contributed by atoms with Crippen molar-refractivity contribution in [1.29, 1.82) is 0 Å². The first-order valence-corrected chi connectivity index (χ1v) is 11.0. The number of hydrogen-bond acceptors (Lipinski definition) is 3. The molecule has 2 atom stereocenters. The fourth-order valence-electron chi connectivity index (χ4n) is 5.10. The molecule has 0 saturated carbocycles. The standard InChI is InChI=1S/C27H25NO4/c29-26(30)25-15-14-19(18-8-2-1-3-9-18)16-28(25)27(31)32-17-24-22-12-6-4-10-20(22)21-11-5-7-13-23(21)24/h1-13,19,24-25H,14-17H2,(H,29,30)/t19-,25+/m0/s1. The molecule has 5 heteroatoms. The highest BCUT2D eigenvalue weighted by Gasteiger charge is 2.38. The van der Waals surface area contributed by atoms with Gasteiger partial charge in [-0.15, -0.1) is 0 Å². The number of rotatable bonds is 4. The van der Waals surface area contributed by atoms with Crippen molar-refractivity contribution in [3.8, 4) is 11.1 Å². The summed E-state index contributed by atoms with van der Waals surface area (Å²) in [6, 6.07) is 25.4. The van der Waals surface area contributed by atoms with Crippen molar-refractivity contribution < 1.29 is 19.4 Å². The van der Waals surface area contributed by atoms with Crippen molar-refractivity contribution in [1.82, 2.24) is 4.90 Å². The van der Waals surface area contributed by atoms with Crippen LogP contribution in [0.2, 0.25) is 0 Å². The molecule has 1 fully saturated rings. The molecule has 1 saturated heterocycles. The van der Waals surface area contributed by atoms with Crippen molar-refractivity contribution in [2.45, 2.75) is 30.7 Å². The fraction of sp³-hybridized carbons (Fsp3) is 0.259. The number of fused-ring (bicyclic) bond motifs is 3. The number of carboxylic acid groups (broad SMARTS) is 1. The number of nitrogens with zero attached hydrogens (tertiary/aromatic N) is 1. The van der Waals surface area contributed by atoms with Gasteiger partial charge in [0.1, 0.15) is 12.6 Å². The van der Waals surface area contributed by atoms with Crippen LogP contribution in [0.1, 0.15) is 41.4 Å². The van der Waals surface area contributed by atoms with Crippen molar-refractivity contribution in [3.05, 3.63) is 95.6 Å². The topological polar surface area (TPSA) is 66.8 Å². The van der Waals surface area contributed by atoms with E-state index in [0.717, 1.165) is 34.2 Å². The molecule has 0 spiro atoms. The van der Waals surface area contributed by atoms with Crippen LogP contribution in [0.5, 0.6) is 0 Å². The molecule has 1 aliphatic carbocycles. The molecule has 0 unspecified atom stereocenters. The van der Waals surface area contributed by atoms with Crippen LogP contribution in [-0.2, 0) is 9.53 Å². The maximum absolute atomic E-state index is 13.1. The summed E-state index contributed by atoms with van der Waals surface area (Å²) in [5.41, 5.74) is 5.71. The van der Waals surface area contributed by atoms with E-state index in [0.29, 0.717) is 13.0 Å². The zero-order chi connectivity index (χ0) is 22.1. The Balaban J connectivity index is 1.35. The number of carbonyl (C=O) groups is 2. The molecule has 0 radical (unpaired) electrons. The number of aliphatic carboxylic acids is 1. The maximum Gasteiger partial charge on any atom is 0.410 e. The van der Waals surface area contributed by atoms with Gasteiger partial charge in [-0.05, 0) is 40.7 Å². The monoisotopic (exact) mass is 427 g/mol. The fourth-order valence-corrected chi connectivity index (χ4v) is 5.10. The minimum Gasteiger partial charge on any atom is -0.480 e. The molecule has 3 aromatic carbocycles. The zero-order valence-electron chi connectivity index (χ0n) is 17.7. The van der Waals surface area contributed by atoms with Crippen molar-refractivity contribution in [2.75, 3.05) is 13.2 Å². The highest BCUT2D eigenvalue weighted by Crippen LogP contribution is 2.44. The largest absolute Gasteiger partial charge is 0.480 e. The number of piperidine rings is 1. The molecule has 162 valence electrons. The van der Waals surface area contributed by atoms with Gasteiger partial charge in [-0.1, -0.05) is 78.9 Å². The number of amides is 1. The summed E-state index contributed by atoms with van der Waals surface area (Å²) in [5.74, 6) is -0.929. The lowest BCUT2D eigenvalue weighted by Crippen LogP contribution is -2.50. The number of carboxylic acids is 1. The molecule has 1 heterocycles. The van der Waals surface area contributed by atoms with E-state index in [1.807, 2.05) is 54.6 Å². The van der Waals surface area contributed by atoms with E-state index in [2.05, 4.69) is 24.3 Å². The zero-order valence-corrected chi connectivity index (χ0v) is 17.7. The quantitative estimate of drug-likeness (QED) is 0.616. The van der Waals surface area contributed by atoms with Gasteiger partial charge in [0.05, 0.1) is 0 Å². The van der Waals surface area contributed by atoms with Crippen LogP contribution < -0.4 is 0 Å². The second-order valence-electron chi connectivity index (χ2n) is 8.50. The Bertz CT molecular complexity index is 1100. The average molecular weight is 428 g/mol. The van der Waals surface area contributed by atoms with E-state index < -0.39 is 18.1 Å². The minimum atomic E-state index is -0.981. The van der Waals surface area contributed by atoms with Crippen molar-refractivity contribution in [3.63, 3.8) is 0 Å². The van der Waals surface area contributed by atoms with Gasteiger partial charge < -0.3 is 9.84 Å². The SMILES string of the molecule is O=C(O)[C@H]1CC[C@H](c2ccccc2)CN1C(=O)OCC1c2ccccc2-c2ccccc21. The van der Waals surface area contributed by atoms with Crippen LogP contribution in [-0.4, -0.2) is 41.3 Å². The van der Waals surface area contributed by atoms with E-state index in [4.69, 9.17) is 4.74 Å². The predicted octanol–water partition coefficient (Wildman–Crippen LogP) is 5.27. The number of ether oxygens (including phenoxy) is 1. The average Bonchev–Trinajstić information content (AvgIpc) is 3.16. The number of likely N-dealkylation sites (tertiary alicyclic amines) is 1. The van der Waals surface area contributed by atoms with Gasteiger partial charge in [-0.2, -0.15) is 0 Å². The van der Waals surface area contributed by atoms with Crippen LogP contribution >= 0.6 is 0 Å². The van der Waals surface area contributed by atoms with Gasteiger partial charge in [0, 0.05) is 18.4 Å². The molecule has 2 aliphatic rings. The summed E-state index contributed by atoms with van der Waals surface area (Å²) in [5, 5.41) is 9.71. The van der Waals surface area contributed by atoms with Crippen LogP contribution in [0.15, 0.2) is 78.9 Å². The lowest BCUT2D eigenvalue weighted by molar-refractivity contribution is -0.144. The molecular weight excluding hydrogens is 402 g/mol.